The molecule has 1 fully saturated rings. The van der Waals surface area contributed by atoms with Gasteiger partial charge in [0.2, 0.25) is 0 Å². The number of nitrogens with zero attached hydrogens (tertiary/aromatic N) is 2. The van der Waals surface area contributed by atoms with Gasteiger partial charge < -0.3 is 0 Å². The minimum atomic E-state index is -0.146. The number of hydrogen-bond donors (Lipinski definition) is 2. The number of amides is 2. The van der Waals surface area contributed by atoms with E-state index in [0.717, 1.165) is 0 Å². The van der Waals surface area contributed by atoms with Crippen molar-refractivity contribution in [3.63, 3.8) is 0 Å². The molecule has 0 spiro atoms. The lowest BCUT2D eigenvalue weighted by Crippen LogP contribution is -2.37. The van der Waals surface area contributed by atoms with Gasteiger partial charge in [0.05, 0.1) is 0 Å². The number of carbonyl (C=O) groups excluding carboxylic acids is 1. The maximum absolute atomic E-state index is 10.5. The first-order chi connectivity index (χ1) is 3.72. The van der Waals surface area contributed by atoms with Crippen LogP contribution in [0.4, 0.5) is 4.79 Å². The summed E-state index contributed by atoms with van der Waals surface area (Å²) in [5.74, 6) is 0. The van der Waals surface area contributed by atoms with Gasteiger partial charge in [0.15, 0.2) is 0 Å². The topological polar surface area (TPSA) is 47.6 Å². The third-order valence-corrected chi connectivity index (χ3v) is 1.07. The average Bonchev–Trinajstić information content (AvgIpc) is 1.98. The highest BCUT2D eigenvalue weighted by atomic mass is 16.2. The van der Waals surface area contributed by atoms with Gasteiger partial charge in [-0.2, -0.15) is 0 Å². The van der Waals surface area contributed by atoms with Crippen LogP contribution in [0.15, 0.2) is 0 Å². The Labute approximate surface area is 47.2 Å². The van der Waals surface area contributed by atoms with E-state index in [2.05, 4.69) is 11.0 Å². The number of hydrazine groups is 3. The van der Waals surface area contributed by atoms with E-state index in [0.29, 0.717) is 0 Å². The molecular weight excluding hydrogens is 108 g/mol. The summed E-state index contributed by atoms with van der Waals surface area (Å²) in [5.41, 5.74) is 4.96. The second-order valence-corrected chi connectivity index (χ2v) is 1.59. The SMILES string of the molecule is CN1NNC(=O)N1C. The average molecular weight is 116 g/mol. The van der Waals surface area contributed by atoms with Crippen LogP contribution in [0.3, 0.4) is 0 Å². The van der Waals surface area contributed by atoms with Crippen molar-refractivity contribution in [1.29, 1.82) is 0 Å². The molecule has 0 aromatic carbocycles. The number of hydrogen-bond acceptors (Lipinski definition) is 3. The molecule has 0 bridgehead atoms. The number of nitrogens with one attached hydrogen (secondary N) is 2. The molecule has 0 aromatic rings. The number of carbonyl (C=O) groups is 1. The molecule has 1 aliphatic rings. The molecule has 2 amide bonds. The molecule has 0 atom stereocenters. The van der Waals surface area contributed by atoms with Crippen molar-refractivity contribution >= 4 is 6.03 Å². The van der Waals surface area contributed by atoms with E-state index < -0.39 is 0 Å². The Kier molecular flexibility index (Phi) is 1.07. The van der Waals surface area contributed by atoms with Crippen molar-refractivity contribution in [3.05, 3.63) is 0 Å². The second kappa shape index (κ2) is 1.61. The third kappa shape index (κ3) is 0.613. The Hall–Kier alpha value is -0.810. The van der Waals surface area contributed by atoms with Crippen LogP contribution in [-0.2, 0) is 0 Å². The van der Waals surface area contributed by atoms with Gasteiger partial charge in [-0.15, -0.1) is 10.7 Å². The fourth-order valence-corrected chi connectivity index (χ4v) is 0.421. The van der Waals surface area contributed by atoms with Crippen molar-refractivity contribution in [2.75, 3.05) is 14.1 Å². The zero-order valence-corrected chi connectivity index (χ0v) is 4.80. The van der Waals surface area contributed by atoms with Gasteiger partial charge in [0.25, 0.3) is 0 Å². The van der Waals surface area contributed by atoms with Gasteiger partial charge >= 0.3 is 6.03 Å². The van der Waals surface area contributed by atoms with E-state index in [1.165, 1.54) is 5.01 Å². The van der Waals surface area contributed by atoms with Gasteiger partial charge in [-0.25, -0.2) is 9.80 Å². The minimum absolute atomic E-state index is 0.146. The largest absolute Gasteiger partial charge is 0.348 e. The Morgan fingerprint density at radius 1 is 1.50 bits per heavy atom. The van der Waals surface area contributed by atoms with Gasteiger partial charge in [-0.05, 0) is 0 Å². The van der Waals surface area contributed by atoms with Crippen molar-refractivity contribution < 1.29 is 4.79 Å². The lowest BCUT2D eigenvalue weighted by atomic mass is 11.0. The highest BCUT2D eigenvalue weighted by Gasteiger charge is 2.19. The van der Waals surface area contributed by atoms with Crippen molar-refractivity contribution in [2.45, 2.75) is 0 Å². The van der Waals surface area contributed by atoms with E-state index in [1.807, 2.05) is 0 Å². The minimum Gasteiger partial charge on any atom is -0.257 e. The first-order valence-electron chi connectivity index (χ1n) is 2.25. The zero-order valence-electron chi connectivity index (χ0n) is 4.80. The summed E-state index contributed by atoms with van der Waals surface area (Å²) >= 11 is 0. The van der Waals surface area contributed by atoms with E-state index in [4.69, 9.17) is 0 Å². The summed E-state index contributed by atoms with van der Waals surface area (Å²) in [5, 5.41) is 2.96. The molecule has 0 unspecified atom stereocenters. The molecule has 5 heteroatoms. The van der Waals surface area contributed by atoms with E-state index in [9.17, 15) is 4.79 Å². The molecule has 1 saturated heterocycles. The highest BCUT2D eigenvalue weighted by molar-refractivity contribution is 5.73. The molecule has 1 heterocycles. The first kappa shape index (κ1) is 5.33. The Morgan fingerprint density at radius 2 is 2.12 bits per heavy atom. The molecule has 0 aromatic heterocycles. The van der Waals surface area contributed by atoms with Gasteiger partial charge in [0.1, 0.15) is 0 Å². The first-order valence-corrected chi connectivity index (χ1v) is 2.25. The van der Waals surface area contributed by atoms with Crippen LogP contribution in [0, 0.1) is 0 Å². The highest BCUT2D eigenvalue weighted by Crippen LogP contribution is 1.90. The summed E-state index contributed by atoms with van der Waals surface area (Å²) in [4.78, 5) is 10.5. The van der Waals surface area contributed by atoms with Crippen LogP contribution >= 0.6 is 0 Å². The van der Waals surface area contributed by atoms with Crippen LogP contribution in [0.2, 0.25) is 0 Å². The summed E-state index contributed by atoms with van der Waals surface area (Å²) in [6.07, 6.45) is 0. The van der Waals surface area contributed by atoms with E-state index in [1.54, 1.807) is 19.2 Å². The summed E-state index contributed by atoms with van der Waals surface area (Å²) < 4.78 is 0. The summed E-state index contributed by atoms with van der Waals surface area (Å²) in [6.45, 7) is 0. The molecule has 0 radical (unpaired) electrons. The lowest BCUT2D eigenvalue weighted by Gasteiger charge is -2.13. The van der Waals surface area contributed by atoms with Crippen LogP contribution < -0.4 is 11.0 Å². The second-order valence-electron chi connectivity index (χ2n) is 1.59. The number of urea groups is 1. The fourth-order valence-electron chi connectivity index (χ4n) is 0.421. The molecule has 0 aliphatic carbocycles. The van der Waals surface area contributed by atoms with Gasteiger partial charge in [0, 0.05) is 14.1 Å². The molecule has 46 valence electrons. The van der Waals surface area contributed by atoms with Crippen LogP contribution in [-0.4, -0.2) is 30.3 Å². The standard InChI is InChI=1S/C3H8N4O/c1-6-3(8)4-5-7(6)2/h5H,1-2H3,(H,4,8). The van der Waals surface area contributed by atoms with Crippen molar-refractivity contribution in [2.24, 2.45) is 0 Å². The van der Waals surface area contributed by atoms with Crippen LogP contribution in [0.5, 0.6) is 0 Å². The Bertz CT molecular complexity index is 114. The summed E-state index contributed by atoms with van der Waals surface area (Å²) in [7, 11) is 3.40. The maximum Gasteiger partial charge on any atom is 0.348 e. The molecule has 8 heavy (non-hydrogen) atoms. The predicted octanol–water partition coefficient (Wildman–Crippen LogP) is -1.09. The Balaban J connectivity index is 2.56. The maximum atomic E-state index is 10.5. The fraction of sp³-hybridized carbons (Fsp3) is 0.667. The lowest BCUT2D eigenvalue weighted by molar-refractivity contribution is 0.0622. The zero-order chi connectivity index (χ0) is 6.15. The molecule has 1 rings (SSSR count). The normalized spacial score (nSPS) is 21.8. The number of rotatable bonds is 0. The van der Waals surface area contributed by atoms with Gasteiger partial charge in [-0.3, -0.25) is 5.43 Å². The Morgan fingerprint density at radius 3 is 2.25 bits per heavy atom. The monoisotopic (exact) mass is 116 g/mol. The predicted molar refractivity (Wildman–Crippen MR) is 27.2 cm³/mol. The molecular formula is C3H8N4O. The molecule has 1 aliphatic heterocycles. The molecule has 0 saturated carbocycles. The molecule has 2 N–H and O–H groups in total. The smallest absolute Gasteiger partial charge is 0.257 e. The quantitative estimate of drug-likeness (QED) is 0.422. The van der Waals surface area contributed by atoms with Gasteiger partial charge in [-0.1, -0.05) is 0 Å². The summed E-state index contributed by atoms with van der Waals surface area (Å²) in [6, 6.07) is -0.146. The van der Waals surface area contributed by atoms with Crippen molar-refractivity contribution in [1.82, 2.24) is 21.1 Å². The van der Waals surface area contributed by atoms with Crippen LogP contribution in [0.25, 0.3) is 0 Å². The van der Waals surface area contributed by atoms with E-state index in [-0.39, 0.29) is 6.03 Å². The van der Waals surface area contributed by atoms with Crippen LogP contribution in [0.1, 0.15) is 0 Å². The van der Waals surface area contributed by atoms with Crippen molar-refractivity contribution in [3.8, 4) is 0 Å². The molecule has 5 nitrogen and oxygen atoms in total. The third-order valence-electron chi connectivity index (χ3n) is 1.07. The van der Waals surface area contributed by atoms with E-state index >= 15 is 0 Å².